The van der Waals surface area contributed by atoms with Gasteiger partial charge in [0, 0.05) is 0 Å². The molecule has 1 aliphatic carbocycles. The lowest BCUT2D eigenvalue weighted by Crippen LogP contribution is -2.23. The van der Waals surface area contributed by atoms with Gasteiger partial charge in [0.2, 0.25) is 0 Å². The van der Waals surface area contributed by atoms with Crippen LogP contribution < -0.4 is 5.73 Å². The predicted molar refractivity (Wildman–Crippen MR) is 51.0 cm³/mol. The van der Waals surface area contributed by atoms with Crippen molar-refractivity contribution in [2.24, 2.45) is 5.73 Å². The Bertz CT molecular complexity index is 434. The van der Waals surface area contributed by atoms with Crippen molar-refractivity contribution in [2.45, 2.75) is 37.9 Å². The summed E-state index contributed by atoms with van der Waals surface area (Å²) < 4.78 is 39.3. The Balaban J connectivity index is 2.48. The third-order valence-electron chi connectivity index (χ3n) is 2.87. The summed E-state index contributed by atoms with van der Waals surface area (Å²) in [6.45, 7) is 0. The molecule has 0 radical (unpaired) electrons. The molecule has 1 amide bonds. The summed E-state index contributed by atoms with van der Waals surface area (Å²) in [6, 6.07) is -0.341. The molecule has 1 aromatic heterocycles. The molecule has 1 aliphatic rings. The van der Waals surface area contributed by atoms with Crippen molar-refractivity contribution in [1.29, 1.82) is 0 Å². The maximum Gasteiger partial charge on any atom is 0.435 e. The molecule has 94 valence electrons. The minimum atomic E-state index is -4.67. The number of hydrogen-bond donors (Lipinski definition) is 1. The van der Waals surface area contributed by atoms with Crippen molar-refractivity contribution < 1.29 is 18.0 Å². The van der Waals surface area contributed by atoms with E-state index in [1.807, 2.05) is 0 Å². The van der Waals surface area contributed by atoms with Crippen LogP contribution in [0.2, 0.25) is 0 Å². The van der Waals surface area contributed by atoms with Gasteiger partial charge in [-0.05, 0) is 12.8 Å². The molecule has 5 nitrogen and oxygen atoms in total. The van der Waals surface area contributed by atoms with Crippen LogP contribution >= 0.6 is 0 Å². The number of nitrogens with zero attached hydrogens (tertiary/aromatic N) is 3. The molecule has 0 aliphatic heterocycles. The average molecular weight is 248 g/mol. The first kappa shape index (κ1) is 11.9. The molecule has 1 saturated carbocycles. The van der Waals surface area contributed by atoms with E-state index < -0.39 is 23.5 Å². The molecule has 8 heteroatoms. The normalized spacial score (nSPS) is 17.6. The van der Waals surface area contributed by atoms with Crippen LogP contribution in [0.25, 0.3) is 0 Å². The van der Waals surface area contributed by atoms with Crippen LogP contribution in [0.15, 0.2) is 0 Å². The zero-order valence-electron chi connectivity index (χ0n) is 8.87. The second kappa shape index (κ2) is 4.01. The summed E-state index contributed by atoms with van der Waals surface area (Å²) in [7, 11) is 0. The number of nitrogens with two attached hydrogens (primary N) is 1. The molecular weight excluding hydrogens is 237 g/mol. The molecule has 2 rings (SSSR count). The largest absolute Gasteiger partial charge is 0.435 e. The Morgan fingerprint density at radius 3 is 2.41 bits per heavy atom. The van der Waals surface area contributed by atoms with E-state index in [9.17, 15) is 18.0 Å². The number of carbonyl (C=O) groups is 1. The third kappa shape index (κ3) is 2.11. The molecule has 0 aromatic carbocycles. The number of aromatic nitrogens is 3. The van der Waals surface area contributed by atoms with Crippen molar-refractivity contribution in [3.63, 3.8) is 0 Å². The Hall–Kier alpha value is -1.60. The second-order valence-corrected chi connectivity index (χ2v) is 4.03. The molecule has 0 unspecified atom stereocenters. The molecule has 1 aromatic rings. The van der Waals surface area contributed by atoms with Crippen LogP contribution in [0.1, 0.15) is 47.9 Å². The minimum absolute atomic E-state index is 0.341. The standard InChI is InChI=1S/C9H11F3N4O/c10-9(11,12)7-6(8(13)17)14-15-16(7)5-3-1-2-4-5/h5H,1-4H2,(H2,13,17). The lowest BCUT2D eigenvalue weighted by Gasteiger charge is -2.15. The third-order valence-corrected chi connectivity index (χ3v) is 2.87. The van der Waals surface area contributed by atoms with Crippen molar-refractivity contribution in [1.82, 2.24) is 15.0 Å². The van der Waals surface area contributed by atoms with Gasteiger partial charge in [0.15, 0.2) is 11.4 Å². The van der Waals surface area contributed by atoms with E-state index >= 15 is 0 Å². The van der Waals surface area contributed by atoms with Crippen molar-refractivity contribution >= 4 is 5.91 Å². The molecular formula is C9H11F3N4O. The average Bonchev–Trinajstić information content (AvgIpc) is 2.85. The monoisotopic (exact) mass is 248 g/mol. The second-order valence-electron chi connectivity index (χ2n) is 4.03. The van der Waals surface area contributed by atoms with Crippen LogP contribution in [0.5, 0.6) is 0 Å². The Morgan fingerprint density at radius 1 is 1.35 bits per heavy atom. The SMILES string of the molecule is NC(=O)c1nnn(C2CCCC2)c1C(F)(F)F. The van der Waals surface area contributed by atoms with Gasteiger partial charge in [-0.15, -0.1) is 5.10 Å². The number of primary amides is 1. The molecule has 1 heterocycles. The van der Waals surface area contributed by atoms with Gasteiger partial charge in [-0.25, -0.2) is 4.68 Å². The smallest absolute Gasteiger partial charge is 0.364 e. The number of amides is 1. The maximum absolute atomic E-state index is 12.8. The summed E-state index contributed by atoms with van der Waals surface area (Å²) in [5.41, 5.74) is 2.94. The van der Waals surface area contributed by atoms with Crippen molar-refractivity contribution in [3.8, 4) is 0 Å². The Labute approximate surface area is 94.8 Å². The lowest BCUT2D eigenvalue weighted by molar-refractivity contribution is -0.145. The van der Waals surface area contributed by atoms with Crippen LogP contribution in [0.4, 0.5) is 13.2 Å². The van der Waals surface area contributed by atoms with Gasteiger partial charge in [0.1, 0.15) is 0 Å². The van der Waals surface area contributed by atoms with E-state index in [0.29, 0.717) is 12.8 Å². The fourth-order valence-electron chi connectivity index (χ4n) is 2.13. The van der Waals surface area contributed by atoms with Gasteiger partial charge in [-0.3, -0.25) is 4.79 Å². The summed E-state index contributed by atoms with van der Waals surface area (Å²) >= 11 is 0. The zero-order valence-corrected chi connectivity index (χ0v) is 8.87. The van der Waals surface area contributed by atoms with Crippen LogP contribution in [0.3, 0.4) is 0 Å². The summed E-state index contributed by atoms with van der Waals surface area (Å²) in [6.07, 6.45) is -1.73. The highest BCUT2D eigenvalue weighted by molar-refractivity contribution is 5.91. The molecule has 0 bridgehead atoms. The number of carbonyl (C=O) groups excluding carboxylic acids is 1. The summed E-state index contributed by atoms with van der Waals surface area (Å²) in [5.74, 6) is -1.21. The molecule has 17 heavy (non-hydrogen) atoms. The fraction of sp³-hybridized carbons (Fsp3) is 0.667. The number of alkyl halides is 3. The van der Waals surface area contributed by atoms with Gasteiger partial charge in [0.25, 0.3) is 5.91 Å². The molecule has 0 atom stereocenters. The molecule has 1 fully saturated rings. The highest BCUT2D eigenvalue weighted by Crippen LogP contribution is 2.37. The summed E-state index contributed by atoms with van der Waals surface area (Å²) in [4.78, 5) is 10.9. The highest BCUT2D eigenvalue weighted by atomic mass is 19.4. The topological polar surface area (TPSA) is 73.8 Å². The van der Waals surface area contributed by atoms with Gasteiger partial charge < -0.3 is 5.73 Å². The van der Waals surface area contributed by atoms with Crippen molar-refractivity contribution in [2.75, 3.05) is 0 Å². The fourth-order valence-corrected chi connectivity index (χ4v) is 2.13. The number of halogens is 3. The number of hydrogen-bond acceptors (Lipinski definition) is 3. The molecule has 2 N–H and O–H groups in total. The first-order valence-corrected chi connectivity index (χ1v) is 5.23. The van der Waals surface area contributed by atoms with E-state index in [1.54, 1.807) is 0 Å². The van der Waals surface area contributed by atoms with E-state index in [4.69, 9.17) is 5.73 Å². The van der Waals surface area contributed by atoms with E-state index in [-0.39, 0.29) is 6.04 Å². The van der Waals surface area contributed by atoms with Gasteiger partial charge in [-0.2, -0.15) is 13.2 Å². The van der Waals surface area contributed by atoms with Crippen LogP contribution in [-0.2, 0) is 6.18 Å². The quantitative estimate of drug-likeness (QED) is 0.862. The lowest BCUT2D eigenvalue weighted by atomic mass is 10.2. The maximum atomic E-state index is 12.8. The van der Waals surface area contributed by atoms with E-state index in [2.05, 4.69) is 10.3 Å². The molecule has 0 saturated heterocycles. The zero-order chi connectivity index (χ0) is 12.6. The van der Waals surface area contributed by atoms with E-state index in [1.165, 1.54) is 0 Å². The van der Waals surface area contributed by atoms with Crippen LogP contribution in [0, 0.1) is 0 Å². The van der Waals surface area contributed by atoms with Crippen LogP contribution in [-0.4, -0.2) is 20.9 Å². The van der Waals surface area contributed by atoms with E-state index in [0.717, 1.165) is 17.5 Å². The van der Waals surface area contributed by atoms with Gasteiger partial charge in [-0.1, -0.05) is 18.1 Å². The predicted octanol–water partition coefficient (Wildman–Crippen LogP) is 1.51. The van der Waals surface area contributed by atoms with Crippen molar-refractivity contribution in [3.05, 3.63) is 11.4 Å². The Morgan fingerprint density at radius 2 is 1.94 bits per heavy atom. The number of rotatable bonds is 2. The first-order chi connectivity index (χ1) is 7.91. The minimum Gasteiger partial charge on any atom is -0.364 e. The Kier molecular flexibility index (Phi) is 2.80. The first-order valence-electron chi connectivity index (χ1n) is 5.23. The van der Waals surface area contributed by atoms with Gasteiger partial charge in [0.05, 0.1) is 6.04 Å². The summed E-state index contributed by atoms with van der Waals surface area (Å²) in [5, 5.41) is 6.68. The highest BCUT2D eigenvalue weighted by Gasteiger charge is 2.42. The van der Waals surface area contributed by atoms with Gasteiger partial charge >= 0.3 is 6.18 Å². The molecule has 0 spiro atoms.